The van der Waals surface area contributed by atoms with Crippen molar-refractivity contribution in [3.63, 3.8) is 0 Å². The van der Waals surface area contributed by atoms with Crippen LogP contribution in [0.1, 0.15) is 118 Å². The minimum absolute atomic E-state index is 0.620. The highest BCUT2D eigenvalue weighted by Gasteiger charge is 1.97. The van der Waals surface area contributed by atoms with Crippen molar-refractivity contribution in [1.82, 2.24) is 0 Å². The Morgan fingerprint density at radius 1 is 0.423 bits per heavy atom. The summed E-state index contributed by atoms with van der Waals surface area (Å²) in [5.74, 6) is 1.51. The first-order valence-corrected chi connectivity index (χ1v) is 11.8. The van der Waals surface area contributed by atoms with Crippen molar-refractivity contribution < 1.29 is 9.47 Å². The zero-order chi connectivity index (χ0) is 19.3. The van der Waals surface area contributed by atoms with Crippen LogP contribution in [0, 0.1) is 11.8 Å². The molecule has 0 fully saturated rings. The Morgan fingerprint density at radius 3 is 1.31 bits per heavy atom. The van der Waals surface area contributed by atoms with Crippen LogP contribution in [0.4, 0.5) is 0 Å². The molecule has 0 aromatic heterocycles. The highest BCUT2D eigenvalue weighted by atomic mass is 16.5. The minimum atomic E-state index is 0.620. The molecule has 0 N–H and O–H groups in total. The standard InChI is InChI=1S/C24H50O2/c1-23(2)18-16-14-12-10-8-6-5-7-9-11-13-15-17-19-25-20-21-26-22-24(3)4/h23-24H,5-22H2,1-4H3. The molecule has 0 saturated carbocycles. The molecule has 2 heteroatoms. The zero-order valence-corrected chi connectivity index (χ0v) is 18.7. The molecule has 0 spiro atoms. The van der Waals surface area contributed by atoms with Crippen molar-refractivity contribution in [3.8, 4) is 0 Å². The van der Waals surface area contributed by atoms with Gasteiger partial charge in [0.1, 0.15) is 0 Å². The van der Waals surface area contributed by atoms with E-state index in [0.29, 0.717) is 5.92 Å². The topological polar surface area (TPSA) is 18.5 Å². The van der Waals surface area contributed by atoms with Crippen molar-refractivity contribution >= 4 is 0 Å². The van der Waals surface area contributed by atoms with Gasteiger partial charge < -0.3 is 9.47 Å². The Hall–Kier alpha value is -0.0800. The number of rotatable bonds is 21. The smallest absolute Gasteiger partial charge is 0.0700 e. The molecule has 0 amide bonds. The second-order valence-electron chi connectivity index (χ2n) is 8.86. The van der Waals surface area contributed by atoms with Gasteiger partial charge in [0.2, 0.25) is 0 Å². The van der Waals surface area contributed by atoms with Crippen molar-refractivity contribution in [2.75, 3.05) is 26.4 Å². The Balaban J connectivity index is 2.99. The molecule has 0 saturated heterocycles. The van der Waals surface area contributed by atoms with Gasteiger partial charge in [-0.2, -0.15) is 0 Å². The first kappa shape index (κ1) is 25.9. The summed E-state index contributed by atoms with van der Waals surface area (Å²) in [5, 5.41) is 0. The quantitative estimate of drug-likeness (QED) is 0.192. The first-order chi connectivity index (χ1) is 12.6. The Bertz CT molecular complexity index is 225. The predicted molar refractivity (Wildman–Crippen MR) is 116 cm³/mol. The molecule has 0 aliphatic carbocycles. The second-order valence-corrected chi connectivity index (χ2v) is 8.86. The van der Waals surface area contributed by atoms with E-state index >= 15 is 0 Å². The average molecular weight is 371 g/mol. The van der Waals surface area contributed by atoms with Gasteiger partial charge in [-0.25, -0.2) is 0 Å². The van der Waals surface area contributed by atoms with Crippen LogP contribution in [0.3, 0.4) is 0 Å². The summed E-state index contributed by atoms with van der Waals surface area (Å²) in [7, 11) is 0. The lowest BCUT2D eigenvalue weighted by Crippen LogP contribution is -2.09. The molecular formula is C24H50O2. The Morgan fingerprint density at radius 2 is 0.846 bits per heavy atom. The van der Waals surface area contributed by atoms with Gasteiger partial charge in [0.15, 0.2) is 0 Å². The van der Waals surface area contributed by atoms with Gasteiger partial charge in [-0.15, -0.1) is 0 Å². The van der Waals surface area contributed by atoms with Crippen LogP contribution in [0.2, 0.25) is 0 Å². The monoisotopic (exact) mass is 370 g/mol. The third-order valence-electron chi connectivity index (χ3n) is 4.89. The van der Waals surface area contributed by atoms with Crippen molar-refractivity contribution in [3.05, 3.63) is 0 Å². The highest BCUT2D eigenvalue weighted by molar-refractivity contribution is 4.51. The molecule has 26 heavy (non-hydrogen) atoms. The van der Waals surface area contributed by atoms with E-state index in [4.69, 9.17) is 9.47 Å². The zero-order valence-electron chi connectivity index (χ0n) is 18.7. The predicted octanol–water partition coefficient (Wildman–Crippen LogP) is 7.79. The summed E-state index contributed by atoms with van der Waals surface area (Å²) in [6.07, 6.45) is 19.8. The molecule has 0 bridgehead atoms. The van der Waals surface area contributed by atoms with E-state index in [2.05, 4.69) is 27.7 Å². The van der Waals surface area contributed by atoms with Crippen molar-refractivity contribution in [1.29, 1.82) is 0 Å². The summed E-state index contributed by atoms with van der Waals surface area (Å²) in [5.41, 5.74) is 0. The Kier molecular flexibility index (Phi) is 21.2. The molecule has 0 radical (unpaired) electrons. The lowest BCUT2D eigenvalue weighted by molar-refractivity contribution is 0.0365. The summed E-state index contributed by atoms with van der Waals surface area (Å²) in [6, 6.07) is 0. The summed E-state index contributed by atoms with van der Waals surface area (Å²) >= 11 is 0. The molecule has 2 nitrogen and oxygen atoms in total. The second kappa shape index (κ2) is 21.2. The fourth-order valence-corrected chi connectivity index (χ4v) is 3.24. The molecule has 0 aromatic carbocycles. The number of ether oxygens (including phenoxy) is 2. The van der Waals surface area contributed by atoms with E-state index in [-0.39, 0.29) is 0 Å². The molecular weight excluding hydrogens is 320 g/mol. The Labute approximate surface area is 165 Å². The largest absolute Gasteiger partial charge is 0.379 e. The molecule has 0 unspecified atom stereocenters. The molecule has 0 aromatic rings. The number of hydrogen-bond acceptors (Lipinski definition) is 2. The van der Waals surface area contributed by atoms with Gasteiger partial charge >= 0.3 is 0 Å². The van der Waals surface area contributed by atoms with E-state index in [1.165, 1.54) is 89.9 Å². The van der Waals surface area contributed by atoms with E-state index in [1.807, 2.05) is 0 Å². The average Bonchev–Trinajstić information content (AvgIpc) is 2.59. The fraction of sp³-hybridized carbons (Fsp3) is 1.00. The summed E-state index contributed by atoms with van der Waals surface area (Å²) in [4.78, 5) is 0. The van der Waals surface area contributed by atoms with Crippen LogP contribution >= 0.6 is 0 Å². The molecule has 0 aliphatic rings. The van der Waals surface area contributed by atoms with E-state index in [9.17, 15) is 0 Å². The van der Waals surface area contributed by atoms with Crippen LogP contribution in [0.15, 0.2) is 0 Å². The lowest BCUT2D eigenvalue weighted by atomic mass is 10.0. The third kappa shape index (κ3) is 23.9. The van der Waals surface area contributed by atoms with Gasteiger partial charge in [-0.1, -0.05) is 111 Å². The van der Waals surface area contributed by atoms with E-state index in [0.717, 1.165) is 32.3 Å². The van der Waals surface area contributed by atoms with Crippen LogP contribution in [-0.2, 0) is 9.47 Å². The van der Waals surface area contributed by atoms with Crippen molar-refractivity contribution in [2.45, 2.75) is 118 Å². The normalized spacial score (nSPS) is 11.8. The molecule has 0 atom stereocenters. The van der Waals surface area contributed by atoms with Gasteiger partial charge in [0, 0.05) is 13.2 Å². The third-order valence-corrected chi connectivity index (χ3v) is 4.89. The van der Waals surface area contributed by atoms with Gasteiger partial charge in [0.25, 0.3) is 0 Å². The summed E-state index contributed by atoms with van der Waals surface area (Å²) < 4.78 is 11.1. The maximum Gasteiger partial charge on any atom is 0.0700 e. The van der Waals surface area contributed by atoms with Gasteiger partial charge in [-0.05, 0) is 18.3 Å². The molecule has 0 heterocycles. The summed E-state index contributed by atoms with van der Waals surface area (Å²) in [6.45, 7) is 12.3. The minimum Gasteiger partial charge on any atom is -0.379 e. The molecule has 158 valence electrons. The van der Waals surface area contributed by atoms with Gasteiger partial charge in [-0.3, -0.25) is 0 Å². The lowest BCUT2D eigenvalue weighted by Gasteiger charge is -2.07. The number of hydrogen-bond donors (Lipinski definition) is 0. The maximum absolute atomic E-state index is 5.61. The maximum atomic E-state index is 5.61. The SMILES string of the molecule is CC(C)CCCCCCCCCCCCCCCOCCOCC(C)C. The van der Waals surface area contributed by atoms with Crippen LogP contribution < -0.4 is 0 Å². The van der Waals surface area contributed by atoms with Crippen LogP contribution in [0.5, 0.6) is 0 Å². The molecule has 0 rings (SSSR count). The van der Waals surface area contributed by atoms with E-state index in [1.54, 1.807) is 0 Å². The number of unbranched alkanes of at least 4 members (excludes halogenated alkanes) is 12. The molecule has 0 aliphatic heterocycles. The van der Waals surface area contributed by atoms with Gasteiger partial charge in [0.05, 0.1) is 13.2 Å². The van der Waals surface area contributed by atoms with Crippen LogP contribution in [-0.4, -0.2) is 26.4 Å². The first-order valence-electron chi connectivity index (χ1n) is 11.8. The van der Waals surface area contributed by atoms with Crippen molar-refractivity contribution in [2.24, 2.45) is 11.8 Å². The highest BCUT2D eigenvalue weighted by Crippen LogP contribution is 2.14. The fourth-order valence-electron chi connectivity index (χ4n) is 3.24. The van der Waals surface area contributed by atoms with Crippen LogP contribution in [0.25, 0.3) is 0 Å². The van der Waals surface area contributed by atoms with E-state index < -0.39 is 0 Å².